The fourth-order valence-corrected chi connectivity index (χ4v) is 4.14. The molecule has 4 heteroatoms. The summed E-state index contributed by atoms with van der Waals surface area (Å²) < 4.78 is 0. The second-order valence-electron chi connectivity index (χ2n) is 7.98. The summed E-state index contributed by atoms with van der Waals surface area (Å²) in [6.07, 6.45) is 7.80. The van der Waals surface area contributed by atoms with Crippen LogP contribution in [0, 0.1) is 6.92 Å². The number of nitrogens with zero attached hydrogens (tertiary/aromatic N) is 1. The molecule has 0 aliphatic heterocycles. The van der Waals surface area contributed by atoms with Gasteiger partial charge in [-0.15, -0.1) is 0 Å². The van der Waals surface area contributed by atoms with Gasteiger partial charge in [0.05, 0.1) is 0 Å². The van der Waals surface area contributed by atoms with E-state index in [0.717, 1.165) is 31.2 Å². The van der Waals surface area contributed by atoms with E-state index in [-0.39, 0.29) is 5.91 Å². The number of hydrogen-bond acceptors (Lipinski definition) is 2. The first-order valence-electron chi connectivity index (χ1n) is 9.98. The van der Waals surface area contributed by atoms with Gasteiger partial charge in [0.15, 0.2) is 0 Å². The van der Waals surface area contributed by atoms with Crippen LogP contribution in [-0.2, 0) is 4.79 Å². The highest BCUT2D eigenvalue weighted by atomic mass is 16.2. The molecule has 0 unspecified atom stereocenters. The molecule has 2 fully saturated rings. The molecule has 0 heterocycles. The van der Waals surface area contributed by atoms with Gasteiger partial charge in [0.25, 0.3) is 0 Å². The fraction of sp³-hybridized carbons (Fsp3) is 0.333. The highest BCUT2D eigenvalue weighted by Crippen LogP contribution is 2.44. The van der Waals surface area contributed by atoms with Crippen molar-refractivity contribution in [1.29, 1.82) is 0 Å². The van der Waals surface area contributed by atoms with Crippen molar-refractivity contribution in [3.8, 4) is 0 Å². The number of rotatable bonds is 6. The molecule has 4 nitrogen and oxygen atoms in total. The molecule has 2 saturated carbocycles. The third-order valence-electron chi connectivity index (χ3n) is 5.94. The van der Waals surface area contributed by atoms with Crippen molar-refractivity contribution in [3.05, 3.63) is 76.9 Å². The highest BCUT2D eigenvalue weighted by molar-refractivity contribution is 5.94. The van der Waals surface area contributed by atoms with Gasteiger partial charge in [-0.1, -0.05) is 36.4 Å². The second kappa shape index (κ2) is 7.63. The Labute approximate surface area is 166 Å². The van der Waals surface area contributed by atoms with E-state index in [1.807, 2.05) is 18.2 Å². The van der Waals surface area contributed by atoms with Crippen LogP contribution in [0.5, 0.6) is 0 Å². The molecule has 144 valence electrons. The molecule has 2 N–H and O–H groups in total. The van der Waals surface area contributed by atoms with E-state index in [1.165, 1.54) is 11.1 Å². The van der Waals surface area contributed by atoms with Crippen molar-refractivity contribution in [3.63, 3.8) is 0 Å². The van der Waals surface area contributed by atoms with Crippen molar-refractivity contribution in [2.24, 2.45) is 5.73 Å². The standard InChI is InChI=1S/C24H26N2O2/c1-16-4-2-3-5-22(16)19-14-21(15-19)26(20-11-12-20)23(27)13-8-17-6-9-18(10-7-17)24(25)28/h2-10,13,19-21H,11-12,14-15H2,1H3,(H2,25,28)/b13-8+. The molecule has 4 rings (SSSR count). The number of primary amides is 1. The summed E-state index contributed by atoms with van der Waals surface area (Å²) in [6.45, 7) is 2.17. The smallest absolute Gasteiger partial charge is 0.248 e. The predicted octanol–water partition coefficient (Wildman–Crippen LogP) is 4.04. The molecule has 0 aromatic heterocycles. The van der Waals surface area contributed by atoms with E-state index in [2.05, 4.69) is 36.1 Å². The van der Waals surface area contributed by atoms with Crippen molar-refractivity contribution in [2.45, 2.75) is 50.6 Å². The van der Waals surface area contributed by atoms with Gasteiger partial charge < -0.3 is 10.6 Å². The number of amides is 2. The first-order valence-corrected chi connectivity index (χ1v) is 9.98. The quantitative estimate of drug-likeness (QED) is 0.776. The zero-order chi connectivity index (χ0) is 19.7. The van der Waals surface area contributed by atoms with Crippen LogP contribution >= 0.6 is 0 Å². The van der Waals surface area contributed by atoms with Gasteiger partial charge in [-0.25, -0.2) is 0 Å². The van der Waals surface area contributed by atoms with Crippen molar-refractivity contribution in [2.75, 3.05) is 0 Å². The first-order chi connectivity index (χ1) is 13.5. The summed E-state index contributed by atoms with van der Waals surface area (Å²) >= 11 is 0. The molecule has 0 radical (unpaired) electrons. The van der Waals surface area contributed by atoms with Crippen molar-refractivity contribution < 1.29 is 9.59 Å². The third-order valence-corrected chi connectivity index (χ3v) is 5.94. The summed E-state index contributed by atoms with van der Waals surface area (Å²) in [7, 11) is 0. The first kappa shape index (κ1) is 18.5. The molecule has 2 aromatic carbocycles. The summed E-state index contributed by atoms with van der Waals surface area (Å²) in [5, 5.41) is 0. The normalized spacial score (nSPS) is 21.3. The van der Waals surface area contributed by atoms with E-state index in [0.29, 0.717) is 23.6 Å². The SMILES string of the molecule is Cc1ccccc1C1CC(N(C(=O)/C=C/c2ccc(C(N)=O)cc2)C2CC2)C1. The van der Waals surface area contributed by atoms with Crippen LogP contribution in [0.15, 0.2) is 54.6 Å². The largest absolute Gasteiger partial charge is 0.366 e. The van der Waals surface area contributed by atoms with Crippen LogP contribution in [0.25, 0.3) is 6.08 Å². The predicted molar refractivity (Wildman–Crippen MR) is 111 cm³/mol. The molecule has 0 atom stereocenters. The molecule has 2 aliphatic rings. The number of carbonyl (C=O) groups excluding carboxylic acids is 2. The van der Waals surface area contributed by atoms with Gasteiger partial charge in [0, 0.05) is 23.7 Å². The summed E-state index contributed by atoms with van der Waals surface area (Å²) in [4.78, 5) is 26.1. The van der Waals surface area contributed by atoms with Gasteiger partial charge in [0.1, 0.15) is 0 Å². The van der Waals surface area contributed by atoms with E-state index in [4.69, 9.17) is 5.73 Å². The zero-order valence-corrected chi connectivity index (χ0v) is 16.2. The van der Waals surface area contributed by atoms with Crippen LogP contribution in [0.4, 0.5) is 0 Å². The highest BCUT2D eigenvalue weighted by Gasteiger charge is 2.43. The molecule has 0 saturated heterocycles. The van der Waals surface area contributed by atoms with E-state index in [1.54, 1.807) is 18.2 Å². The molecule has 28 heavy (non-hydrogen) atoms. The fourth-order valence-electron chi connectivity index (χ4n) is 4.14. The molecule has 0 bridgehead atoms. The Morgan fingerprint density at radius 2 is 1.68 bits per heavy atom. The number of hydrogen-bond donors (Lipinski definition) is 1. The lowest BCUT2D eigenvalue weighted by atomic mass is 9.73. The number of aryl methyl sites for hydroxylation is 1. The molecule has 2 amide bonds. The third kappa shape index (κ3) is 3.86. The van der Waals surface area contributed by atoms with Crippen LogP contribution in [-0.4, -0.2) is 28.8 Å². The minimum Gasteiger partial charge on any atom is -0.366 e. The Hall–Kier alpha value is -2.88. The second-order valence-corrected chi connectivity index (χ2v) is 7.98. The lowest BCUT2D eigenvalue weighted by molar-refractivity contribution is -0.131. The van der Waals surface area contributed by atoms with E-state index in [9.17, 15) is 9.59 Å². The van der Waals surface area contributed by atoms with Crippen LogP contribution < -0.4 is 5.73 Å². The van der Waals surface area contributed by atoms with Crippen LogP contribution in [0.2, 0.25) is 0 Å². The van der Waals surface area contributed by atoms with Crippen molar-refractivity contribution in [1.82, 2.24) is 4.90 Å². The number of nitrogens with two attached hydrogens (primary N) is 1. The number of carbonyl (C=O) groups is 2. The zero-order valence-electron chi connectivity index (χ0n) is 16.2. The van der Waals surface area contributed by atoms with Crippen LogP contribution in [0.1, 0.15) is 58.6 Å². The Morgan fingerprint density at radius 3 is 2.29 bits per heavy atom. The Morgan fingerprint density at radius 1 is 1.00 bits per heavy atom. The molecule has 2 aliphatic carbocycles. The Balaban J connectivity index is 1.40. The van der Waals surface area contributed by atoms with Gasteiger partial charge in [-0.05, 0) is 73.4 Å². The Bertz CT molecular complexity index is 906. The maximum atomic E-state index is 12.9. The Kier molecular flexibility index (Phi) is 5.03. The minimum absolute atomic E-state index is 0.0923. The summed E-state index contributed by atoms with van der Waals surface area (Å²) in [5.74, 6) is 0.208. The van der Waals surface area contributed by atoms with Gasteiger partial charge in [-0.3, -0.25) is 9.59 Å². The summed E-state index contributed by atoms with van der Waals surface area (Å²) in [6, 6.07) is 16.3. The van der Waals surface area contributed by atoms with Crippen LogP contribution in [0.3, 0.4) is 0 Å². The molecular formula is C24H26N2O2. The van der Waals surface area contributed by atoms with Gasteiger partial charge in [0.2, 0.25) is 11.8 Å². The van der Waals surface area contributed by atoms with Crippen molar-refractivity contribution >= 4 is 17.9 Å². The average Bonchev–Trinajstić information content (AvgIpc) is 3.48. The minimum atomic E-state index is -0.445. The lowest BCUT2D eigenvalue weighted by Crippen LogP contribution is -2.47. The average molecular weight is 374 g/mol. The topological polar surface area (TPSA) is 63.4 Å². The van der Waals surface area contributed by atoms with E-state index < -0.39 is 5.91 Å². The maximum absolute atomic E-state index is 12.9. The monoisotopic (exact) mass is 374 g/mol. The molecule has 2 aromatic rings. The molecular weight excluding hydrogens is 348 g/mol. The molecule has 0 spiro atoms. The lowest BCUT2D eigenvalue weighted by Gasteiger charge is -2.43. The maximum Gasteiger partial charge on any atom is 0.248 e. The van der Waals surface area contributed by atoms with Gasteiger partial charge in [-0.2, -0.15) is 0 Å². The summed E-state index contributed by atoms with van der Waals surface area (Å²) in [5.41, 5.74) is 9.39. The van der Waals surface area contributed by atoms with E-state index >= 15 is 0 Å². The van der Waals surface area contributed by atoms with Gasteiger partial charge >= 0.3 is 0 Å². The number of benzene rings is 2.